The summed E-state index contributed by atoms with van der Waals surface area (Å²) in [7, 11) is 1.77. The van der Waals surface area contributed by atoms with Crippen LogP contribution in [0.5, 0.6) is 5.75 Å². The van der Waals surface area contributed by atoms with Crippen molar-refractivity contribution in [2.75, 3.05) is 0 Å². The average Bonchev–Trinajstić information content (AvgIpc) is 2.68. The number of aromatic carboxylic acids is 1. The van der Waals surface area contributed by atoms with E-state index in [1.54, 1.807) is 18.5 Å². The fourth-order valence-electron chi connectivity index (χ4n) is 1.51. The van der Waals surface area contributed by atoms with Crippen molar-refractivity contribution in [3.05, 3.63) is 41.2 Å². The van der Waals surface area contributed by atoms with Gasteiger partial charge in [0.25, 0.3) is 0 Å². The molecule has 2 aromatic rings. The van der Waals surface area contributed by atoms with Crippen LogP contribution < -0.4 is 4.74 Å². The number of hydrogen-bond donors (Lipinski definition) is 1. The normalized spacial score (nSPS) is 10.5. The van der Waals surface area contributed by atoms with Crippen molar-refractivity contribution < 1.29 is 19.0 Å². The molecule has 0 fully saturated rings. The van der Waals surface area contributed by atoms with Crippen LogP contribution in [-0.4, -0.2) is 25.8 Å². The zero-order valence-electron chi connectivity index (χ0n) is 10.4. The van der Waals surface area contributed by atoms with Crippen LogP contribution in [0.15, 0.2) is 18.2 Å². The molecule has 0 saturated carbocycles. The molecule has 7 heteroatoms. The van der Waals surface area contributed by atoms with E-state index in [1.165, 1.54) is 6.07 Å². The van der Waals surface area contributed by atoms with Crippen LogP contribution in [0.25, 0.3) is 0 Å². The summed E-state index contributed by atoms with van der Waals surface area (Å²) in [4.78, 5) is 11.0. The Bertz CT molecular complexity index is 625. The van der Waals surface area contributed by atoms with Crippen molar-refractivity contribution in [3.63, 3.8) is 0 Å². The Labute approximate surface area is 108 Å². The highest BCUT2D eigenvalue weighted by Crippen LogP contribution is 2.20. The van der Waals surface area contributed by atoms with Crippen molar-refractivity contribution >= 4 is 5.97 Å². The fraction of sp³-hybridized carbons (Fsp3) is 0.250. The van der Waals surface area contributed by atoms with E-state index in [1.807, 2.05) is 0 Å². The molecule has 100 valence electrons. The number of carboxylic acids is 1. The molecule has 6 nitrogen and oxygen atoms in total. The van der Waals surface area contributed by atoms with Crippen molar-refractivity contribution in [1.82, 2.24) is 14.8 Å². The number of carbonyl (C=O) groups is 1. The molecule has 2 rings (SSSR count). The number of rotatable bonds is 4. The number of nitrogens with zero attached hydrogens (tertiary/aromatic N) is 3. The van der Waals surface area contributed by atoms with Crippen molar-refractivity contribution in [2.24, 2.45) is 7.05 Å². The number of hydrogen-bond acceptors (Lipinski definition) is 4. The maximum absolute atomic E-state index is 13.0. The zero-order chi connectivity index (χ0) is 14.0. The third-order valence-corrected chi connectivity index (χ3v) is 2.71. The van der Waals surface area contributed by atoms with Crippen LogP contribution in [0, 0.1) is 12.7 Å². The van der Waals surface area contributed by atoms with Crippen LogP contribution in [0.1, 0.15) is 22.0 Å². The van der Waals surface area contributed by atoms with E-state index in [0.29, 0.717) is 5.82 Å². The quantitative estimate of drug-likeness (QED) is 0.907. The van der Waals surface area contributed by atoms with Gasteiger partial charge < -0.3 is 14.4 Å². The van der Waals surface area contributed by atoms with Gasteiger partial charge in [-0.3, -0.25) is 0 Å². The van der Waals surface area contributed by atoms with Gasteiger partial charge >= 0.3 is 5.97 Å². The lowest BCUT2D eigenvalue weighted by atomic mass is 10.2. The van der Waals surface area contributed by atoms with Gasteiger partial charge in [-0.2, -0.15) is 0 Å². The Morgan fingerprint density at radius 3 is 2.79 bits per heavy atom. The van der Waals surface area contributed by atoms with Gasteiger partial charge in [0.15, 0.2) is 5.82 Å². The lowest BCUT2D eigenvalue weighted by molar-refractivity contribution is 0.0691. The maximum Gasteiger partial charge on any atom is 0.339 e. The van der Waals surface area contributed by atoms with E-state index in [2.05, 4.69) is 10.2 Å². The summed E-state index contributed by atoms with van der Waals surface area (Å²) in [6, 6.07) is 3.34. The molecule has 0 bridgehead atoms. The second kappa shape index (κ2) is 5.05. The van der Waals surface area contributed by atoms with Crippen molar-refractivity contribution in [1.29, 1.82) is 0 Å². The molecular weight excluding hydrogens is 253 g/mol. The number of ether oxygens (including phenoxy) is 1. The molecule has 0 amide bonds. The van der Waals surface area contributed by atoms with E-state index < -0.39 is 11.8 Å². The standard InChI is InChI=1S/C12H12FN3O3/c1-7-14-15-11(16(7)2)6-19-10-4-3-8(13)5-9(10)12(17)18/h3-5H,6H2,1-2H3,(H,17,18). The predicted molar refractivity (Wildman–Crippen MR) is 63.4 cm³/mol. The molecule has 1 N–H and O–H groups in total. The molecule has 1 heterocycles. The molecular formula is C12H12FN3O3. The fourth-order valence-corrected chi connectivity index (χ4v) is 1.51. The summed E-state index contributed by atoms with van der Waals surface area (Å²) < 4.78 is 20.1. The van der Waals surface area contributed by atoms with Gasteiger partial charge in [0.05, 0.1) is 0 Å². The maximum atomic E-state index is 13.0. The van der Waals surface area contributed by atoms with E-state index in [0.717, 1.165) is 18.0 Å². The first-order valence-electron chi connectivity index (χ1n) is 5.49. The third-order valence-electron chi connectivity index (χ3n) is 2.71. The Morgan fingerprint density at radius 2 is 2.21 bits per heavy atom. The molecule has 1 aromatic carbocycles. The van der Waals surface area contributed by atoms with Crippen molar-refractivity contribution in [3.8, 4) is 5.75 Å². The third kappa shape index (κ3) is 2.70. The number of aromatic nitrogens is 3. The van der Waals surface area contributed by atoms with Gasteiger partial charge in [-0.05, 0) is 25.1 Å². The van der Waals surface area contributed by atoms with Crippen molar-refractivity contribution in [2.45, 2.75) is 13.5 Å². The second-order valence-electron chi connectivity index (χ2n) is 3.96. The summed E-state index contributed by atoms with van der Waals surface area (Å²) in [5, 5.41) is 16.7. The Hall–Kier alpha value is -2.44. The lowest BCUT2D eigenvalue weighted by Crippen LogP contribution is -2.07. The highest BCUT2D eigenvalue weighted by atomic mass is 19.1. The summed E-state index contributed by atoms with van der Waals surface area (Å²) >= 11 is 0. The minimum atomic E-state index is -1.25. The van der Waals surface area contributed by atoms with Crippen LogP contribution in [0.2, 0.25) is 0 Å². The highest BCUT2D eigenvalue weighted by molar-refractivity contribution is 5.90. The monoisotopic (exact) mass is 265 g/mol. The minimum absolute atomic E-state index is 0.0588. The Balaban J connectivity index is 2.20. The molecule has 0 spiro atoms. The summed E-state index contributed by atoms with van der Waals surface area (Å²) in [5.41, 5.74) is -0.223. The van der Waals surface area contributed by atoms with Gasteiger partial charge in [-0.15, -0.1) is 10.2 Å². The smallest absolute Gasteiger partial charge is 0.339 e. The van der Waals surface area contributed by atoms with Gasteiger partial charge in [0, 0.05) is 7.05 Å². The zero-order valence-corrected chi connectivity index (χ0v) is 10.4. The SMILES string of the molecule is Cc1nnc(COc2ccc(F)cc2C(=O)O)n1C. The lowest BCUT2D eigenvalue weighted by Gasteiger charge is -2.08. The predicted octanol–water partition coefficient (Wildman–Crippen LogP) is 1.54. The first-order chi connectivity index (χ1) is 8.99. The molecule has 0 atom stereocenters. The summed E-state index contributed by atoms with van der Waals surface area (Å²) in [6.07, 6.45) is 0. The number of halogens is 1. The van der Waals surface area contributed by atoms with Gasteiger partial charge in [-0.25, -0.2) is 9.18 Å². The van der Waals surface area contributed by atoms with Gasteiger partial charge in [0.2, 0.25) is 0 Å². The molecule has 0 radical (unpaired) electrons. The van der Waals surface area contributed by atoms with Gasteiger partial charge in [-0.1, -0.05) is 0 Å². The Morgan fingerprint density at radius 1 is 1.47 bits per heavy atom. The molecule has 0 aliphatic rings. The average molecular weight is 265 g/mol. The van der Waals surface area contributed by atoms with E-state index >= 15 is 0 Å². The molecule has 0 aliphatic heterocycles. The first kappa shape index (κ1) is 13.0. The van der Waals surface area contributed by atoms with Crippen LogP contribution in [0.4, 0.5) is 4.39 Å². The molecule has 19 heavy (non-hydrogen) atoms. The first-order valence-corrected chi connectivity index (χ1v) is 5.49. The summed E-state index contributed by atoms with van der Waals surface area (Å²) in [5.74, 6) is -0.508. The highest BCUT2D eigenvalue weighted by Gasteiger charge is 2.14. The van der Waals surface area contributed by atoms with Crippen LogP contribution in [0.3, 0.4) is 0 Å². The molecule has 0 aliphatic carbocycles. The second-order valence-corrected chi connectivity index (χ2v) is 3.96. The van der Waals surface area contributed by atoms with Gasteiger partial charge in [0.1, 0.15) is 29.6 Å². The van der Waals surface area contributed by atoms with E-state index in [4.69, 9.17) is 9.84 Å². The summed E-state index contributed by atoms with van der Waals surface area (Å²) in [6.45, 7) is 1.85. The number of benzene rings is 1. The van der Waals surface area contributed by atoms with Crippen LogP contribution >= 0.6 is 0 Å². The van der Waals surface area contributed by atoms with E-state index in [9.17, 15) is 9.18 Å². The van der Waals surface area contributed by atoms with E-state index in [-0.39, 0.29) is 17.9 Å². The van der Waals surface area contributed by atoms with Crippen LogP contribution in [-0.2, 0) is 13.7 Å². The number of aryl methyl sites for hydroxylation is 1. The molecule has 0 saturated heterocycles. The molecule has 0 unspecified atom stereocenters. The topological polar surface area (TPSA) is 77.2 Å². The molecule has 1 aromatic heterocycles. The Kier molecular flexibility index (Phi) is 3.46. The largest absolute Gasteiger partial charge is 0.485 e. The minimum Gasteiger partial charge on any atom is -0.485 e. The number of carboxylic acid groups (broad SMARTS) is 1.